The quantitative estimate of drug-likeness (QED) is 0.156. The van der Waals surface area contributed by atoms with Gasteiger partial charge in [-0.25, -0.2) is 0 Å². The van der Waals surface area contributed by atoms with Crippen molar-refractivity contribution in [2.45, 2.75) is 38.1 Å². The molecule has 0 radical (unpaired) electrons. The van der Waals surface area contributed by atoms with Crippen LogP contribution in [0.5, 0.6) is 11.5 Å². The molecule has 3 rings (SSSR count). The first kappa shape index (κ1) is 24.5. The summed E-state index contributed by atoms with van der Waals surface area (Å²) < 4.78 is 5.78. The summed E-state index contributed by atoms with van der Waals surface area (Å²) in [5.74, 6) is 5.37. The topological polar surface area (TPSA) is 114 Å². The summed E-state index contributed by atoms with van der Waals surface area (Å²) in [5.41, 5.74) is 2.84. The molecular formula is C27H29N3O4. The Morgan fingerprint density at radius 2 is 1.62 bits per heavy atom. The zero-order chi connectivity index (χ0) is 24.2. The van der Waals surface area contributed by atoms with E-state index in [1.807, 2.05) is 54.6 Å². The van der Waals surface area contributed by atoms with Gasteiger partial charge in [0, 0.05) is 6.42 Å². The van der Waals surface area contributed by atoms with E-state index in [0.29, 0.717) is 24.3 Å². The maximum absolute atomic E-state index is 12.5. The number of nitrogens with two attached hydrogens (primary N) is 1. The van der Waals surface area contributed by atoms with Crippen molar-refractivity contribution in [2.75, 3.05) is 0 Å². The average molecular weight is 460 g/mol. The lowest BCUT2D eigenvalue weighted by Crippen LogP contribution is -2.30. The van der Waals surface area contributed by atoms with Crippen LogP contribution >= 0.6 is 0 Å². The molecule has 34 heavy (non-hydrogen) atoms. The highest BCUT2D eigenvalue weighted by Crippen LogP contribution is 2.24. The van der Waals surface area contributed by atoms with Crippen LogP contribution in [0, 0.1) is 0 Å². The first-order chi connectivity index (χ1) is 16.5. The second-order valence-electron chi connectivity index (χ2n) is 7.93. The van der Waals surface area contributed by atoms with Gasteiger partial charge in [0.15, 0.2) is 0 Å². The molecule has 0 aliphatic rings. The number of aliphatic carboxylic acids is 1. The maximum Gasteiger partial charge on any atom is 0.305 e. The normalized spacial score (nSPS) is 11.8. The Bertz CT molecular complexity index is 1080. The summed E-state index contributed by atoms with van der Waals surface area (Å²) in [7, 11) is 0. The van der Waals surface area contributed by atoms with E-state index in [2.05, 4.69) is 10.4 Å². The van der Waals surface area contributed by atoms with Gasteiger partial charge in [-0.15, -0.1) is 0 Å². The Kier molecular flexibility index (Phi) is 9.22. The number of nitrogens with one attached hydrogen (secondary N) is 1. The highest BCUT2D eigenvalue weighted by molar-refractivity contribution is 5.79. The van der Waals surface area contributed by atoms with E-state index in [1.165, 1.54) is 5.56 Å². The van der Waals surface area contributed by atoms with Gasteiger partial charge in [0.05, 0.1) is 18.7 Å². The molecule has 0 aromatic heterocycles. The van der Waals surface area contributed by atoms with E-state index in [4.69, 9.17) is 10.6 Å². The van der Waals surface area contributed by atoms with Gasteiger partial charge in [-0.3, -0.25) is 9.59 Å². The highest BCUT2D eigenvalue weighted by Gasteiger charge is 2.18. The van der Waals surface area contributed by atoms with Crippen molar-refractivity contribution in [3.05, 3.63) is 95.6 Å². The number of nitrogens with zero attached hydrogens (tertiary/aromatic N) is 1. The minimum Gasteiger partial charge on any atom is -0.481 e. The Morgan fingerprint density at radius 3 is 2.26 bits per heavy atom. The van der Waals surface area contributed by atoms with Gasteiger partial charge >= 0.3 is 5.97 Å². The van der Waals surface area contributed by atoms with Crippen LogP contribution in [0.2, 0.25) is 0 Å². The molecule has 7 nitrogen and oxygen atoms in total. The van der Waals surface area contributed by atoms with Crippen LogP contribution in [0.15, 0.2) is 84.0 Å². The van der Waals surface area contributed by atoms with Crippen LogP contribution in [-0.4, -0.2) is 23.2 Å². The number of hydrogen-bond acceptors (Lipinski definition) is 5. The lowest BCUT2D eigenvalue weighted by atomic mass is 10.0. The Labute approximate surface area is 199 Å². The van der Waals surface area contributed by atoms with Gasteiger partial charge in [0.25, 0.3) is 0 Å². The maximum atomic E-state index is 12.5. The molecule has 0 fully saturated rings. The van der Waals surface area contributed by atoms with Crippen molar-refractivity contribution in [1.82, 2.24) is 5.32 Å². The lowest BCUT2D eigenvalue weighted by molar-refractivity contribution is -0.137. The highest BCUT2D eigenvalue weighted by atomic mass is 16.5. The Hall–Kier alpha value is -4.13. The minimum atomic E-state index is -0.974. The molecule has 0 heterocycles. The van der Waals surface area contributed by atoms with Crippen LogP contribution in [-0.2, 0) is 16.0 Å². The van der Waals surface area contributed by atoms with Crippen LogP contribution < -0.4 is 15.9 Å². The molecule has 4 N–H and O–H groups in total. The predicted octanol–water partition coefficient (Wildman–Crippen LogP) is 4.82. The average Bonchev–Trinajstić information content (AvgIpc) is 2.83. The summed E-state index contributed by atoms with van der Waals surface area (Å²) >= 11 is 0. The minimum absolute atomic E-state index is 0.162. The summed E-state index contributed by atoms with van der Waals surface area (Å²) in [6.45, 7) is 0. The third-order valence-corrected chi connectivity index (χ3v) is 5.30. The first-order valence-corrected chi connectivity index (χ1v) is 11.2. The summed E-state index contributed by atoms with van der Waals surface area (Å²) in [5, 5.41) is 15.7. The van der Waals surface area contributed by atoms with E-state index in [9.17, 15) is 14.7 Å². The van der Waals surface area contributed by atoms with Gasteiger partial charge in [0.2, 0.25) is 5.91 Å². The standard InChI is InChI=1S/C27H29N3O4/c28-29-19-21-12-10-20(11-13-21)6-4-5-9-26(31)30-25(18-27(32)33)22-14-16-24(17-15-22)34-23-7-2-1-3-8-23/h1-3,7-8,10-17,19,25H,4-6,9,18,28H2,(H,30,31)(H,32,33). The molecule has 3 aromatic carbocycles. The number of ether oxygens (including phenoxy) is 1. The largest absolute Gasteiger partial charge is 0.481 e. The second-order valence-corrected chi connectivity index (χ2v) is 7.93. The zero-order valence-corrected chi connectivity index (χ0v) is 18.9. The van der Waals surface area contributed by atoms with E-state index >= 15 is 0 Å². The number of unbranched alkanes of at least 4 members (excludes halogenated alkanes) is 1. The fourth-order valence-electron chi connectivity index (χ4n) is 3.56. The van der Waals surface area contributed by atoms with Gasteiger partial charge in [-0.2, -0.15) is 5.10 Å². The van der Waals surface area contributed by atoms with Gasteiger partial charge in [0.1, 0.15) is 11.5 Å². The zero-order valence-electron chi connectivity index (χ0n) is 18.9. The number of amides is 1. The third kappa shape index (κ3) is 8.09. The van der Waals surface area contributed by atoms with Gasteiger partial charge < -0.3 is 21.0 Å². The molecule has 1 unspecified atom stereocenters. The molecule has 176 valence electrons. The Morgan fingerprint density at radius 1 is 0.941 bits per heavy atom. The molecule has 0 aliphatic heterocycles. The molecule has 1 amide bonds. The van der Waals surface area contributed by atoms with Crippen molar-refractivity contribution in [3.8, 4) is 11.5 Å². The van der Waals surface area contributed by atoms with E-state index in [0.717, 1.165) is 24.0 Å². The predicted molar refractivity (Wildman–Crippen MR) is 132 cm³/mol. The fraction of sp³-hybridized carbons (Fsp3) is 0.222. The van der Waals surface area contributed by atoms with E-state index < -0.39 is 12.0 Å². The van der Waals surface area contributed by atoms with Crippen molar-refractivity contribution in [2.24, 2.45) is 10.9 Å². The van der Waals surface area contributed by atoms with Crippen LogP contribution in [0.1, 0.15) is 48.4 Å². The number of aryl methyl sites for hydroxylation is 1. The van der Waals surface area contributed by atoms with Crippen molar-refractivity contribution >= 4 is 18.1 Å². The number of rotatable bonds is 12. The van der Waals surface area contributed by atoms with Crippen LogP contribution in [0.4, 0.5) is 0 Å². The number of hydrogen-bond donors (Lipinski definition) is 3. The SMILES string of the molecule is NN=Cc1ccc(CCCCC(=O)NC(CC(=O)O)c2ccc(Oc3ccccc3)cc2)cc1. The van der Waals surface area contributed by atoms with Gasteiger partial charge in [-0.05, 0) is 60.2 Å². The molecule has 0 saturated carbocycles. The molecule has 7 heteroatoms. The third-order valence-electron chi connectivity index (χ3n) is 5.30. The van der Waals surface area contributed by atoms with Gasteiger partial charge in [-0.1, -0.05) is 54.6 Å². The molecule has 3 aromatic rings. The van der Waals surface area contributed by atoms with Crippen LogP contribution in [0.25, 0.3) is 0 Å². The molecular weight excluding hydrogens is 430 g/mol. The molecule has 0 bridgehead atoms. The Balaban J connectivity index is 1.49. The number of benzene rings is 3. The fourth-order valence-corrected chi connectivity index (χ4v) is 3.56. The summed E-state index contributed by atoms with van der Waals surface area (Å²) in [4.78, 5) is 23.9. The number of para-hydroxylation sites is 1. The number of carboxylic acid groups (broad SMARTS) is 1. The number of carbonyl (C=O) groups excluding carboxylic acids is 1. The number of carbonyl (C=O) groups is 2. The van der Waals surface area contributed by atoms with Crippen molar-refractivity contribution in [3.63, 3.8) is 0 Å². The second kappa shape index (κ2) is 12.8. The van der Waals surface area contributed by atoms with Crippen LogP contribution in [0.3, 0.4) is 0 Å². The summed E-state index contributed by atoms with van der Waals surface area (Å²) in [6, 6.07) is 23.8. The van der Waals surface area contributed by atoms with Crippen molar-refractivity contribution in [1.29, 1.82) is 0 Å². The summed E-state index contributed by atoms with van der Waals surface area (Å²) in [6.07, 6.45) is 4.15. The molecule has 0 saturated heterocycles. The van der Waals surface area contributed by atoms with E-state index in [1.54, 1.807) is 30.5 Å². The van der Waals surface area contributed by atoms with Crippen molar-refractivity contribution < 1.29 is 19.4 Å². The molecule has 0 spiro atoms. The molecule has 0 aliphatic carbocycles. The first-order valence-electron chi connectivity index (χ1n) is 11.2. The number of carboxylic acids is 1. The number of hydrazone groups is 1. The van der Waals surface area contributed by atoms with E-state index in [-0.39, 0.29) is 12.3 Å². The smallest absolute Gasteiger partial charge is 0.305 e. The monoisotopic (exact) mass is 459 g/mol. The molecule has 1 atom stereocenters. The lowest BCUT2D eigenvalue weighted by Gasteiger charge is -2.18.